The van der Waals surface area contributed by atoms with Crippen LogP contribution in [0.15, 0.2) is 18.2 Å². The molecule has 7 heteroatoms. The number of amides is 1. The Bertz CT molecular complexity index is 531. The molecule has 0 bridgehead atoms. The zero-order valence-electron chi connectivity index (χ0n) is 11.8. The number of methoxy groups -OCH3 is 1. The maximum absolute atomic E-state index is 12.8. The first-order chi connectivity index (χ1) is 9.85. The van der Waals surface area contributed by atoms with Crippen molar-refractivity contribution in [1.82, 2.24) is 5.32 Å². The molecule has 21 heavy (non-hydrogen) atoms. The van der Waals surface area contributed by atoms with Gasteiger partial charge in [0, 0.05) is 11.7 Å². The lowest BCUT2D eigenvalue weighted by Crippen LogP contribution is -2.37. The van der Waals surface area contributed by atoms with Crippen molar-refractivity contribution in [1.29, 1.82) is 0 Å². The number of ether oxygens (including phenoxy) is 1. The van der Waals surface area contributed by atoms with E-state index in [1.54, 1.807) is 0 Å². The van der Waals surface area contributed by atoms with E-state index in [0.717, 1.165) is 18.6 Å². The number of benzene rings is 1. The molecule has 0 saturated carbocycles. The summed E-state index contributed by atoms with van der Waals surface area (Å²) in [6.45, 7) is 1.94. The van der Waals surface area contributed by atoms with Crippen molar-refractivity contribution in [2.45, 2.75) is 38.0 Å². The van der Waals surface area contributed by atoms with Gasteiger partial charge < -0.3 is 15.4 Å². The normalized spacial score (nSPS) is 21.2. The lowest BCUT2D eigenvalue weighted by Gasteiger charge is -2.33. The third-order valence-electron chi connectivity index (χ3n) is 3.61. The van der Waals surface area contributed by atoms with Crippen LogP contribution in [0.5, 0.6) is 0 Å². The third kappa shape index (κ3) is 3.40. The molecule has 0 fully saturated rings. The lowest BCUT2D eigenvalue weighted by molar-refractivity contribution is -0.137. The second-order valence-corrected chi connectivity index (χ2v) is 4.97. The molecule has 4 nitrogen and oxygen atoms in total. The smallest absolute Gasteiger partial charge is 0.416 e. The summed E-state index contributed by atoms with van der Waals surface area (Å²) in [4.78, 5) is 11.4. The van der Waals surface area contributed by atoms with Crippen molar-refractivity contribution < 1.29 is 22.7 Å². The van der Waals surface area contributed by atoms with Gasteiger partial charge in [-0.05, 0) is 30.5 Å². The van der Waals surface area contributed by atoms with Crippen LogP contribution in [0.25, 0.3) is 0 Å². The van der Waals surface area contributed by atoms with Crippen LogP contribution < -0.4 is 10.6 Å². The Morgan fingerprint density at radius 2 is 2.19 bits per heavy atom. The number of rotatable bonds is 2. The summed E-state index contributed by atoms with van der Waals surface area (Å²) in [6, 6.07) is 3.16. The van der Waals surface area contributed by atoms with Crippen molar-refractivity contribution in [3.63, 3.8) is 0 Å². The molecule has 0 saturated heterocycles. The number of fused-ring (bicyclic) bond motifs is 1. The van der Waals surface area contributed by atoms with Gasteiger partial charge in [0.15, 0.2) is 0 Å². The topological polar surface area (TPSA) is 50.4 Å². The number of alkyl halides is 3. The standard InChI is InChI=1S/C14H17F3N2O2/c1-3-9-7-12(19-13(20)21-2)10-5-4-8(14(15,16)17)6-11(10)18-9/h4-6,9,12,18H,3,7H2,1-2H3,(H,19,20)/t9-,12+/m1/s1. The number of hydrogen-bond donors (Lipinski definition) is 2. The molecule has 0 aliphatic carbocycles. The molecule has 0 radical (unpaired) electrons. The van der Waals surface area contributed by atoms with Crippen LogP contribution in [-0.4, -0.2) is 19.2 Å². The molecule has 0 spiro atoms. The fourth-order valence-electron chi connectivity index (χ4n) is 2.46. The van der Waals surface area contributed by atoms with Crippen LogP contribution in [0.3, 0.4) is 0 Å². The lowest BCUT2D eigenvalue weighted by atomic mass is 9.91. The molecule has 1 aliphatic heterocycles. The van der Waals surface area contributed by atoms with Gasteiger partial charge in [-0.25, -0.2) is 4.79 Å². The summed E-state index contributed by atoms with van der Waals surface area (Å²) in [7, 11) is 1.25. The summed E-state index contributed by atoms with van der Waals surface area (Å²) in [5.74, 6) is 0. The van der Waals surface area contributed by atoms with Crippen LogP contribution >= 0.6 is 0 Å². The average molecular weight is 302 g/mol. The van der Waals surface area contributed by atoms with E-state index in [9.17, 15) is 18.0 Å². The van der Waals surface area contributed by atoms with E-state index in [1.165, 1.54) is 13.2 Å². The average Bonchev–Trinajstić information content (AvgIpc) is 2.45. The third-order valence-corrected chi connectivity index (χ3v) is 3.61. The van der Waals surface area contributed by atoms with Crippen LogP contribution in [0, 0.1) is 0 Å². The first-order valence-corrected chi connectivity index (χ1v) is 6.67. The summed E-state index contributed by atoms with van der Waals surface area (Å²) in [5.41, 5.74) is 0.338. The summed E-state index contributed by atoms with van der Waals surface area (Å²) in [6.07, 6.45) is -3.64. The molecule has 0 aromatic heterocycles. The molecule has 1 heterocycles. The number of anilines is 1. The molecule has 0 unspecified atom stereocenters. The van der Waals surface area contributed by atoms with Gasteiger partial charge in [-0.1, -0.05) is 13.0 Å². The SMILES string of the molecule is CC[C@@H]1C[C@H](NC(=O)OC)c2ccc(C(F)(F)F)cc2N1. The molecule has 116 valence electrons. The minimum absolute atomic E-state index is 0.00291. The van der Waals surface area contributed by atoms with Gasteiger partial charge in [0.05, 0.1) is 18.7 Å². The molecule has 2 atom stereocenters. The Morgan fingerprint density at radius 1 is 1.48 bits per heavy atom. The van der Waals surface area contributed by atoms with Gasteiger partial charge in [0.2, 0.25) is 0 Å². The largest absolute Gasteiger partial charge is 0.453 e. The summed E-state index contributed by atoms with van der Waals surface area (Å²) >= 11 is 0. The molecule has 1 aromatic carbocycles. The summed E-state index contributed by atoms with van der Waals surface area (Å²) < 4.78 is 42.9. The Morgan fingerprint density at radius 3 is 2.76 bits per heavy atom. The van der Waals surface area contributed by atoms with Crippen LogP contribution in [-0.2, 0) is 10.9 Å². The number of alkyl carbamates (subject to hydrolysis) is 1. The predicted molar refractivity (Wildman–Crippen MR) is 72.0 cm³/mol. The molecular formula is C14H17F3N2O2. The van der Waals surface area contributed by atoms with Crippen molar-refractivity contribution in [3.05, 3.63) is 29.3 Å². The van der Waals surface area contributed by atoms with Gasteiger partial charge in [0.1, 0.15) is 0 Å². The summed E-state index contributed by atoms with van der Waals surface area (Å²) in [5, 5.41) is 5.75. The molecule has 2 rings (SSSR count). The highest BCUT2D eigenvalue weighted by atomic mass is 19.4. The number of carbonyl (C=O) groups excluding carboxylic acids is 1. The van der Waals surface area contributed by atoms with Crippen molar-refractivity contribution >= 4 is 11.8 Å². The highest BCUT2D eigenvalue weighted by Gasteiger charge is 2.34. The second kappa shape index (κ2) is 5.83. The maximum atomic E-state index is 12.8. The monoisotopic (exact) mass is 302 g/mol. The Labute approximate surface area is 120 Å². The highest BCUT2D eigenvalue weighted by molar-refractivity contribution is 5.69. The van der Waals surface area contributed by atoms with E-state index in [0.29, 0.717) is 17.7 Å². The van der Waals surface area contributed by atoms with Crippen LogP contribution in [0.4, 0.5) is 23.7 Å². The van der Waals surface area contributed by atoms with Gasteiger partial charge in [-0.15, -0.1) is 0 Å². The van der Waals surface area contributed by atoms with Gasteiger partial charge in [-0.2, -0.15) is 13.2 Å². The van der Waals surface area contributed by atoms with E-state index in [2.05, 4.69) is 15.4 Å². The first-order valence-electron chi connectivity index (χ1n) is 6.67. The highest BCUT2D eigenvalue weighted by Crippen LogP contribution is 2.38. The second-order valence-electron chi connectivity index (χ2n) is 4.97. The van der Waals surface area contributed by atoms with E-state index in [4.69, 9.17) is 0 Å². The fourth-order valence-corrected chi connectivity index (χ4v) is 2.46. The van der Waals surface area contributed by atoms with Crippen LogP contribution in [0.2, 0.25) is 0 Å². The first kappa shape index (κ1) is 15.5. The Balaban J connectivity index is 2.35. The van der Waals surface area contributed by atoms with E-state index >= 15 is 0 Å². The van der Waals surface area contributed by atoms with E-state index < -0.39 is 17.8 Å². The van der Waals surface area contributed by atoms with E-state index in [1.807, 2.05) is 6.92 Å². The minimum Gasteiger partial charge on any atom is -0.453 e. The molecule has 1 amide bonds. The Kier molecular flexibility index (Phi) is 4.29. The zero-order chi connectivity index (χ0) is 15.6. The molecule has 2 N–H and O–H groups in total. The zero-order valence-corrected chi connectivity index (χ0v) is 11.8. The number of hydrogen-bond acceptors (Lipinski definition) is 3. The fraction of sp³-hybridized carbons (Fsp3) is 0.500. The minimum atomic E-state index is -4.39. The molecular weight excluding hydrogens is 285 g/mol. The van der Waals surface area contributed by atoms with Crippen molar-refractivity contribution in [2.24, 2.45) is 0 Å². The maximum Gasteiger partial charge on any atom is 0.416 e. The van der Waals surface area contributed by atoms with Crippen molar-refractivity contribution in [3.8, 4) is 0 Å². The van der Waals surface area contributed by atoms with Gasteiger partial charge in [0.25, 0.3) is 0 Å². The predicted octanol–water partition coefficient (Wildman–Crippen LogP) is 3.70. The Hall–Kier alpha value is -1.92. The van der Waals surface area contributed by atoms with Crippen LogP contribution in [0.1, 0.15) is 36.9 Å². The van der Waals surface area contributed by atoms with E-state index in [-0.39, 0.29) is 12.1 Å². The number of nitrogens with one attached hydrogen (secondary N) is 2. The van der Waals surface area contributed by atoms with Gasteiger partial charge >= 0.3 is 12.3 Å². The number of carbonyl (C=O) groups is 1. The van der Waals surface area contributed by atoms with Gasteiger partial charge in [-0.3, -0.25) is 0 Å². The number of halogens is 3. The van der Waals surface area contributed by atoms with Crippen molar-refractivity contribution in [2.75, 3.05) is 12.4 Å². The molecule has 1 aromatic rings. The molecule has 1 aliphatic rings. The quantitative estimate of drug-likeness (QED) is 0.876.